The molecule has 0 fully saturated rings. The van der Waals surface area contributed by atoms with Gasteiger partial charge in [0.05, 0.1) is 21.2 Å². The Bertz CT molecular complexity index is 1080. The van der Waals surface area contributed by atoms with Gasteiger partial charge in [-0.15, -0.1) is 0 Å². The Kier molecular flexibility index (Phi) is 6.79. The molecule has 0 aliphatic heterocycles. The average molecular weight is 445 g/mol. The fourth-order valence-electron chi connectivity index (χ4n) is 2.50. The summed E-state index contributed by atoms with van der Waals surface area (Å²) < 4.78 is 41.4. The van der Waals surface area contributed by atoms with E-state index in [0.717, 1.165) is 0 Å². The summed E-state index contributed by atoms with van der Waals surface area (Å²) in [5.74, 6) is -1.36. The molecule has 3 aromatic rings. The molecule has 9 nitrogen and oxygen atoms in total. The van der Waals surface area contributed by atoms with Gasteiger partial charge in [0, 0.05) is 0 Å². The van der Waals surface area contributed by atoms with Crippen LogP contribution in [-0.4, -0.2) is 34.3 Å². The number of pyridine rings is 1. The average Bonchev–Trinajstić information content (AvgIpc) is 2.74. The van der Waals surface area contributed by atoms with Crippen LogP contribution in [0.3, 0.4) is 0 Å². The Balaban J connectivity index is 1.81. The molecule has 30 heavy (non-hydrogen) atoms. The number of hydrogen-bond donors (Lipinski definition) is 4. The van der Waals surface area contributed by atoms with Crippen LogP contribution in [0, 0.1) is 0 Å². The van der Waals surface area contributed by atoms with Gasteiger partial charge in [-0.25, -0.2) is 13.4 Å². The van der Waals surface area contributed by atoms with E-state index in [4.69, 9.17) is 0 Å². The molecule has 2 aromatic carbocycles. The molecule has 2 amide bonds. The van der Waals surface area contributed by atoms with E-state index in [9.17, 15) is 27.1 Å². The van der Waals surface area contributed by atoms with Crippen molar-refractivity contribution in [1.82, 2.24) is 4.98 Å². The first kappa shape index (κ1) is 21.5. The number of carbonyl (C=O) groups excluding carboxylic acids is 2. The van der Waals surface area contributed by atoms with Gasteiger partial charge < -0.3 is 19.7 Å². The van der Waals surface area contributed by atoms with E-state index in [-0.39, 0.29) is 32.6 Å². The second-order valence-corrected chi connectivity index (χ2v) is 7.68. The number of aromatic nitrogens is 1. The number of carbonyl (C=O) groups is 2. The maximum absolute atomic E-state index is 12.5. The Morgan fingerprint density at radius 3 is 1.47 bits per heavy atom. The highest BCUT2D eigenvalue weighted by Gasteiger charge is 2.17. The van der Waals surface area contributed by atoms with Crippen molar-refractivity contribution in [2.45, 2.75) is 9.79 Å². The molecule has 2 atom stereocenters. The second-order valence-electron chi connectivity index (χ2n) is 5.81. The number of rotatable bonds is 6. The van der Waals surface area contributed by atoms with E-state index < -0.39 is 34.0 Å². The van der Waals surface area contributed by atoms with Crippen LogP contribution < -0.4 is 10.6 Å². The topological polar surface area (TPSA) is 146 Å². The first-order chi connectivity index (χ1) is 14.4. The van der Waals surface area contributed by atoms with Crippen molar-refractivity contribution >= 4 is 45.4 Å². The number of amides is 2. The molecular formula is C19H15N3O6S2. The minimum Gasteiger partial charge on any atom is -0.319 e. The molecular weight excluding hydrogens is 430 g/mol. The van der Waals surface area contributed by atoms with Gasteiger partial charge >= 0.3 is 0 Å². The molecule has 0 radical (unpaired) electrons. The number of hydrogen-bond acceptors (Lipinski definition) is 5. The summed E-state index contributed by atoms with van der Waals surface area (Å²) in [5, 5.41) is 4.98. The van der Waals surface area contributed by atoms with Crippen molar-refractivity contribution in [1.29, 1.82) is 0 Å². The third kappa shape index (κ3) is 5.02. The van der Waals surface area contributed by atoms with Gasteiger partial charge in [0.2, 0.25) is 0 Å². The Morgan fingerprint density at radius 2 is 1.07 bits per heavy atom. The molecule has 3 rings (SSSR count). The smallest absolute Gasteiger partial charge is 0.274 e. The van der Waals surface area contributed by atoms with E-state index in [2.05, 4.69) is 15.6 Å². The quantitative estimate of drug-likeness (QED) is 0.427. The lowest BCUT2D eigenvalue weighted by molar-refractivity contribution is 0.101. The molecule has 0 saturated carbocycles. The minimum atomic E-state index is -2.30. The zero-order valence-electron chi connectivity index (χ0n) is 15.1. The number of anilines is 2. The summed E-state index contributed by atoms with van der Waals surface area (Å²) in [5.41, 5.74) is 0.0825. The zero-order chi connectivity index (χ0) is 21.7. The van der Waals surface area contributed by atoms with Crippen molar-refractivity contribution in [3.05, 3.63) is 78.1 Å². The summed E-state index contributed by atoms with van der Waals surface area (Å²) in [6.45, 7) is 0. The largest absolute Gasteiger partial charge is 0.319 e. The molecule has 0 aliphatic carbocycles. The predicted octanol–water partition coefficient (Wildman–Crippen LogP) is 2.75. The first-order valence-electron chi connectivity index (χ1n) is 8.36. The highest BCUT2D eigenvalue weighted by Crippen LogP contribution is 2.20. The number of nitrogens with one attached hydrogen (secondary N) is 2. The van der Waals surface area contributed by atoms with Gasteiger partial charge in [0.15, 0.2) is 22.2 Å². The van der Waals surface area contributed by atoms with Gasteiger partial charge in [-0.1, -0.05) is 30.3 Å². The maximum atomic E-state index is 12.5. The van der Waals surface area contributed by atoms with Crippen LogP contribution in [-0.2, 0) is 22.2 Å². The minimum absolute atomic E-state index is 0.0216. The maximum Gasteiger partial charge on any atom is 0.274 e. The third-order valence-electron chi connectivity index (χ3n) is 3.86. The highest BCUT2D eigenvalue weighted by atomic mass is 32.2. The molecule has 1 aromatic heterocycles. The van der Waals surface area contributed by atoms with E-state index in [0.29, 0.717) is 0 Å². The van der Waals surface area contributed by atoms with E-state index in [1.165, 1.54) is 42.5 Å². The monoisotopic (exact) mass is 445 g/mol. The standard InChI is InChI=1S/C19H15N3O6S2/c23-18(21-12-6-1-3-10-16(12)29(25)26)14-8-5-9-15(20-14)19(24)22-13-7-2-4-11-17(13)30(27)28/h1-11H,(H,21,23)(H,22,24)(H,25,26)(H,27,28). The molecule has 4 N–H and O–H groups in total. The van der Waals surface area contributed by atoms with Crippen LogP contribution in [0.25, 0.3) is 0 Å². The molecule has 0 aliphatic rings. The summed E-state index contributed by atoms with van der Waals surface area (Å²) in [4.78, 5) is 29.1. The van der Waals surface area contributed by atoms with Crippen LogP contribution in [0.4, 0.5) is 11.4 Å². The van der Waals surface area contributed by atoms with Gasteiger partial charge in [-0.05, 0) is 36.4 Å². The van der Waals surface area contributed by atoms with Crippen molar-refractivity contribution in [2.75, 3.05) is 10.6 Å². The van der Waals surface area contributed by atoms with Gasteiger partial charge in [-0.2, -0.15) is 0 Å². The molecule has 0 saturated heterocycles. The lowest BCUT2D eigenvalue weighted by Gasteiger charge is -2.10. The van der Waals surface area contributed by atoms with Crippen LogP contribution in [0.1, 0.15) is 21.0 Å². The van der Waals surface area contributed by atoms with Crippen LogP contribution in [0.2, 0.25) is 0 Å². The summed E-state index contributed by atoms with van der Waals surface area (Å²) in [6, 6.07) is 16.2. The molecule has 154 valence electrons. The predicted molar refractivity (Wildman–Crippen MR) is 111 cm³/mol. The van der Waals surface area contributed by atoms with Crippen molar-refractivity contribution in [3.8, 4) is 0 Å². The first-order valence-corrected chi connectivity index (χ1v) is 10.6. The van der Waals surface area contributed by atoms with E-state index in [1.807, 2.05) is 0 Å². The second kappa shape index (κ2) is 9.50. The van der Waals surface area contributed by atoms with Gasteiger partial charge in [0.1, 0.15) is 11.4 Å². The number of para-hydroxylation sites is 2. The SMILES string of the molecule is O=C(Nc1ccccc1S(=O)O)c1cccc(C(=O)Nc2ccccc2S(=O)O)n1. The Labute approximate surface area is 176 Å². The van der Waals surface area contributed by atoms with Gasteiger partial charge in [0.25, 0.3) is 11.8 Å². The zero-order valence-corrected chi connectivity index (χ0v) is 16.8. The van der Waals surface area contributed by atoms with Gasteiger partial charge in [-0.3, -0.25) is 9.59 Å². The van der Waals surface area contributed by atoms with Crippen LogP contribution >= 0.6 is 0 Å². The van der Waals surface area contributed by atoms with E-state index in [1.54, 1.807) is 24.3 Å². The lowest BCUT2D eigenvalue weighted by atomic mass is 10.2. The van der Waals surface area contributed by atoms with Crippen LogP contribution in [0.15, 0.2) is 76.5 Å². The summed E-state index contributed by atoms with van der Waals surface area (Å²) in [7, 11) is 0. The fourth-order valence-corrected chi connectivity index (χ4v) is 3.51. The Morgan fingerprint density at radius 1 is 0.667 bits per heavy atom. The van der Waals surface area contributed by atoms with Crippen molar-refractivity contribution in [2.24, 2.45) is 0 Å². The molecule has 11 heteroatoms. The summed E-state index contributed by atoms with van der Waals surface area (Å²) in [6.07, 6.45) is 0. The van der Waals surface area contributed by atoms with Crippen LogP contribution in [0.5, 0.6) is 0 Å². The van der Waals surface area contributed by atoms with Crippen molar-refractivity contribution in [3.63, 3.8) is 0 Å². The van der Waals surface area contributed by atoms with Crippen molar-refractivity contribution < 1.29 is 27.1 Å². The number of benzene rings is 2. The normalized spacial score (nSPS) is 12.6. The molecule has 2 unspecified atom stereocenters. The van der Waals surface area contributed by atoms with E-state index >= 15 is 0 Å². The third-order valence-corrected chi connectivity index (χ3v) is 5.33. The lowest BCUT2D eigenvalue weighted by Crippen LogP contribution is -2.19. The number of nitrogens with zero attached hydrogens (tertiary/aromatic N) is 1. The highest BCUT2D eigenvalue weighted by molar-refractivity contribution is 7.79. The molecule has 0 spiro atoms. The summed E-state index contributed by atoms with van der Waals surface area (Å²) >= 11 is -4.60. The fraction of sp³-hybridized carbons (Fsp3) is 0. The molecule has 0 bridgehead atoms. The Hall–Kier alpha value is -3.25. The molecule has 1 heterocycles.